The second-order valence-electron chi connectivity index (χ2n) is 5.92. The van der Waals surface area contributed by atoms with Gasteiger partial charge in [0.2, 0.25) is 0 Å². The maximum atomic E-state index is 12.2. The fraction of sp³-hybridized carbons (Fsp3) is 0.238. The number of carbonyl (C=O) groups excluding carboxylic acids is 1. The maximum absolute atomic E-state index is 12.2. The minimum atomic E-state index is -0.217. The molecule has 0 bridgehead atoms. The number of methoxy groups -OCH3 is 1. The highest BCUT2D eigenvalue weighted by Crippen LogP contribution is 2.29. The quantitative estimate of drug-likeness (QED) is 0.610. The molecule has 1 aliphatic rings. The lowest BCUT2D eigenvalue weighted by Crippen LogP contribution is -2.24. The Kier molecular flexibility index (Phi) is 5.69. The third-order valence-corrected chi connectivity index (χ3v) is 3.99. The van der Waals surface area contributed by atoms with Crippen LogP contribution in [0, 0.1) is 0 Å². The molecular formula is C21H22N2O3. The zero-order valence-electron chi connectivity index (χ0n) is 15.0. The Morgan fingerprint density at radius 1 is 1.12 bits per heavy atom. The fourth-order valence-corrected chi connectivity index (χ4v) is 2.58. The second kappa shape index (κ2) is 8.34. The molecule has 0 radical (unpaired) electrons. The van der Waals surface area contributed by atoms with Crippen LogP contribution in [-0.4, -0.2) is 25.5 Å². The number of hydrogen-bond acceptors (Lipinski definition) is 4. The van der Waals surface area contributed by atoms with Crippen molar-refractivity contribution < 1.29 is 14.3 Å². The molecule has 0 atom stereocenters. The van der Waals surface area contributed by atoms with E-state index in [1.807, 2.05) is 48.5 Å². The van der Waals surface area contributed by atoms with Gasteiger partial charge in [-0.2, -0.15) is 0 Å². The van der Waals surface area contributed by atoms with Crippen molar-refractivity contribution in [3.63, 3.8) is 0 Å². The van der Waals surface area contributed by atoms with Crippen LogP contribution in [0.2, 0.25) is 0 Å². The monoisotopic (exact) mass is 350 g/mol. The van der Waals surface area contributed by atoms with Crippen LogP contribution in [0.3, 0.4) is 0 Å². The molecule has 0 saturated heterocycles. The number of amides is 1. The van der Waals surface area contributed by atoms with Crippen molar-refractivity contribution >= 4 is 17.8 Å². The SMILES string of the molecule is CCCCOc1ccc(/C=C2\N=C(c3ccccc3)NC2=O)cc1OC. The zero-order chi connectivity index (χ0) is 18.4. The average Bonchev–Trinajstić information content (AvgIpc) is 3.04. The van der Waals surface area contributed by atoms with Crippen LogP contribution in [0.4, 0.5) is 0 Å². The normalized spacial score (nSPS) is 14.9. The van der Waals surface area contributed by atoms with Gasteiger partial charge in [0, 0.05) is 5.56 Å². The molecule has 1 aliphatic heterocycles. The Morgan fingerprint density at radius 2 is 1.92 bits per heavy atom. The van der Waals surface area contributed by atoms with E-state index >= 15 is 0 Å². The largest absolute Gasteiger partial charge is 0.493 e. The minimum absolute atomic E-state index is 0.217. The smallest absolute Gasteiger partial charge is 0.275 e. The predicted octanol–water partition coefficient (Wildman–Crippen LogP) is 3.79. The summed E-state index contributed by atoms with van der Waals surface area (Å²) in [6, 6.07) is 15.2. The van der Waals surface area contributed by atoms with Gasteiger partial charge in [-0.15, -0.1) is 0 Å². The molecule has 0 spiro atoms. The topological polar surface area (TPSA) is 59.9 Å². The molecule has 1 heterocycles. The van der Waals surface area contributed by atoms with E-state index in [9.17, 15) is 4.79 Å². The van der Waals surface area contributed by atoms with Crippen molar-refractivity contribution in [2.45, 2.75) is 19.8 Å². The molecule has 0 fully saturated rings. The first-order valence-corrected chi connectivity index (χ1v) is 8.69. The number of hydrogen-bond donors (Lipinski definition) is 1. The van der Waals surface area contributed by atoms with Crippen LogP contribution in [0.1, 0.15) is 30.9 Å². The molecule has 2 aromatic carbocycles. The maximum Gasteiger partial charge on any atom is 0.275 e. The number of ether oxygens (including phenoxy) is 2. The summed E-state index contributed by atoms with van der Waals surface area (Å²) in [7, 11) is 1.60. The molecule has 0 aromatic heterocycles. The van der Waals surface area contributed by atoms with Crippen molar-refractivity contribution in [3.05, 3.63) is 65.4 Å². The van der Waals surface area contributed by atoms with Gasteiger partial charge in [-0.3, -0.25) is 4.79 Å². The van der Waals surface area contributed by atoms with Gasteiger partial charge >= 0.3 is 0 Å². The minimum Gasteiger partial charge on any atom is -0.493 e. The summed E-state index contributed by atoms with van der Waals surface area (Å²) in [5.41, 5.74) is 2.07. The molecule has 1 amide bonds. The van der Waals surface area contributed by atoms with Crippen LogP contribution in [-0.2, 0) is 4.79 Å². The summed E-state index contributed by atoms with van der Waals surface area (Å²) in [6.07, 6.45) is 3.80. The van der Waals surface area contributed by atoms with Gasteiger partial charge in [0.1, 0.15) is 11.5 Å². The van der Waals surface area contributed by atoms with Crippen molar-refractivity contribution in [2.75, 3.05) is 13.7 Å². The number of carbonyl (C=O) groups is 1. The highest BCUT2D eigenvalue weighted by atomic mass is 16.5. The summed E-state index contributed by atoms with van der Waals surface area (Å²) in [5, 5.41) is 2.80. The van der Waals surface area contributed by atoms with Gasteiger partial charge in [-0.1, -0.05) is 49.7 Å². The number of benzene rings is 2. The standard InChI is InChI=1S/C21H22N2O3/c1-3-4-12-26-18-11-10-15(14-19(18)25-2)13-17-21(24)23-20(22-17)16-8-6-5-7-9-16/h5-11,13-14H,3-4,12H2,1-2H3,(H,22,23,24)/b17-13-. The van der Waals surface area contributed by atoms with Crippen molar-refractivity contribution in [2.24, 2.45) is 4.99 Å². The van der Waals surface area contributed by atoms with Crippen LogP contribution in [0.25, 0.3) is 6.08 Å². The van der Waals surface area contributed by atoms with E-state index in [2.05, 4.69) is 17.2 Å². The molecule has 26 heavy (non-hydrogen) atoms. The molecule has 0 aliphatic carbocycles. The van der Waals surface area contributed by atoms with Gasteiger partial charge in [0.25, 0.3) is 5.91 Å². The summed E-state index contributed by atoms with van der Waals surface area (Å²) in [6.45, 7) is 2.77. The van der Waals surface area contributed by atoms with Gasteiger partial charge in [-0.05, 0) is 30.2 Å². The first-order valence-electron chi connectivity index (χ1n) is 8.69. The molecule has 5 heteroatoms. The second-order valence-corrected chi connectivity index (χ2v) is 5.92. The number of rotatable bonds is 7. The predicted molar refractivity (Wildman–Crippen MR) is 102 cm³/mol. The Hall–Kier alpha value is -3.08. The lowest BCUT2D eigenvalue weighted by atomic mass is 10.1. The summed E-state index contributed by atoms with van der Waals surface area (Å²) >= 11 is 0. The van der Waals surface area contributed by atoms with Crippen molar-refractivity contribution in [1.29, 1.82) is 0 Å². The number of nitrogens with one attached hydrogen (secondary N) is 1. The van der Waals surface area contributed by atoms with E-state index in [1.54, 1.807) is 13.2 Å². The van der Waals surface area contributed by atoms with Gasteiger partial charge < -0.3 is 14.8 Å². The van der Waals surface area contributed by atoms with Crippen LogP contribution >= 0.6 is 0 Å². The van der Waals surface area contributed by atoms with Crippen LogP contribution < -0.4 is 14.8 Å². The summed E-state index contributed by atoms with van der Waals surface area (Å²) in [5.74, 6) is 1.69. The highest BCUT2D eigenvalue weighted by Gasteiger charge is 2.21. The summed E-state index contributed by atoms with van der Waals surface area (Å²) in [4.78, 5) is 16.6. The number of amidine groups is 1. The third-order valence-electron chi connectivity index (χ3n) is 3.99. The lowest BCUT2D eigenvalue weighted by molar-refractivity contribution is -0.115. The van der Waals surface area contributed by atoms with E-state index in [0.717, 1.165) is 24.0 Å². The number of aliphatic imine (C=N–C) groups is 1. The molecule has 5 nitrogen and oxygen atoms in total. The Labute approximate surface area is 153 Å². The molecule has 0 unspecified atom stereocenters. The van der Waals surface area contributed by atoms with Gasteiger partial charge in [-0.25, -0.2) is 4.99 Å². The van der Waals surface area contributed by atoms with Crippen LogP contribution in [0.15, 0.2) is 59.2 Å². The summed E-state index contributed by atoms with van der Waals surface area (Å²) < 4.78 is 11.1. The van der Waals surface area contributed by atoms with E-state index in [-0.39, 0.29) is 5.91 Å². The fourth-order valence-electron chi connectivity index (χ4n) is 2.58. The molecule has 0 saturated carbocycles. The molecule has 134 valence electrons. The molecule has 1 N–H and O–H groups in total. The number of unbranched alkanes of at least 4 members (excludes halogenated alkanes) is 1. The van der Waals surface area contributed by atoms with E-state index in [1.165, 1.54) is 0 Å². The van der Waals surface area contributed by atoms with Gasteiger partial charge in [0.05, 0.1) is 13.7 Å². The zero-order valence-corrected chi connectivity index (χ0v) is 15.0. The highest BCUT2D eigenvalue weighted by molar-refractivity contribution is 6.19. The van der Waals surface area contributed by atoms with E-state index in [4.69, 9.17) is 9.47 Å². The number of nitrogens with zero attached hydrogens (tertiary/aromatic N) is 1. The molecular weight excluding hydrogens is 328 g/mol. The third kappa shape index (κ3) is 4.11. The van der Waals surface area contributed by atoms with Crippen molar-refractivity contribution in [1.82, 2.24) is 5.32 Å². The van der Waals surface area contributed by atoms with E-state index in [0.29, 0.717) is 29.6 Å². The van der Waals surface area contributed by atoms with Gasteiger partial charge in [0.15, 0.2) is 11.5 Å². The van der Waals surface area contributed by atoms with Crippen molar-refractivity contribution in [3.8, 4) is 11.5 Å². The average molecular weight is 350 g/mol. The Balaban J connectivity index is 1.82. The van der Waals surface area contributed by atoms with E-state index < -0.39 is 0 Å². The lowest BCUT2D eigenvalue weighted by Gasteiger charge is -2.11. The first kappa shape index (κ1) is 17.7. The molecule has 2 aromatic rings. The Morgan fingerprint density at radius 3 is 2.65 bits per heavy atom. The van der Waals surface area contributed by atoms with Crippen LogP contribution in [0.5, 0.6) is 11.5 Å². The molecule has 3 rings (SSSR count). The Bertz CT molecular complexity index is 842. The first-order chi connectivity index (χ1) is 12.7.